The van der Waals surface area contributed by atoms with E-state index in [9.17, 15) is 4.79 Å². The van der Waals surface area contributed by atoms with Crippen LogP contribution in [0.3, 0.4) is 0 Å². The average Bonchev–Trinajstić information content (AvgIpc) is 2.40. The lowest BCUT2D eigenvalue weighted by molar-refractivity contribution is 0.0366. The normalized spacial score (nSPS) is 18.8. The maximum atomic E-state index is 12.0. The predicted octanol–water partition coefficient (Wildman–Crippen LogP) is 2.96. The molecule has 3 heteroatoms. The van der Waals surface area contributed by atoms with E-state index >= 15 is 0 Å². The second kappa shape index (κ2) is 5.53. The molecule has 0 bridgehead atoms. The number of ether oxygens (including phenoxy) is 2. The van der Waals surface area contributed by atoms with Crippen LogP contribution in [0.15, 0.2) is 36.4 Å². The SMILES string of the molecule is COc1ccccc1C(=O)O[C@@H]1C=CCCC1. The fourth-order valence-electron chi connectivity index (χ4n) is 1.89. The molecule has 2 rings (SSSR count). The van der Waals surface area contributed by atoms with Crippen LogP contribution in [0.1, 0.15) is 29.6 Å². The lowest BCUT2D eigenvalue weighted by atomic mass is 10.1. The third-order valence-corrected chi connectivity index (χ3v) is 2.80. The molecule has 0 fully saturated rings. The Morgan fingerprint density at radius 2 is 2.18 bits per heavy atom. The van der Waals surface area contributed by atoms with E-state index in [2.05, 4.69) is 6.08 Å². The summed E-state index contributed by atoms with van der Waals surface area (Å²) in [5.74, 6) is 0.233. The average molecular weight is 232 g/mol. The number of rotatable bonds is 3. The molecule has 0 aromatic heterocycles. The van der Waals surface area contributed by atoms with Crippen LogP contribution in [0.4, 0.5) is 0 Å². The molecule has 0 spiro atoms. The standard InChI is InChI=1S/C14H16O3/c1-16-13-10-6-5-9-12(13)14(15)17-11-7-3-2-4-8-11/h3,5-7,9-11H,2,4,8H2,1H3/t11-/m1/s1. The van der Waals surface area contributed by atoms with Gasteiger partial charge in [-0.2, -0.15) is 0 Å². The molecule has 0 aliphatic heterocycles. The molecule has 0 saturated carbocycles. The quantitative estimate of drug-likeness (QED) is 0.593. The summed E-state index contributed by atoms with van der Waals surface area (Å²) in [6.07, 6.45) is 6.96. The van der Waals surface area contributed by atoms with E-state index < -0.39 is 0 Å². The first-order chi connectivity index (χ1) is 8.31. The van der Waals surface area contributed by atoms with Crippen LogP contribution in [-0.4, -0.2) is 19.2 Å². The largest absolute Gasteiger partial charge is 0.496 e. The van der Waals surface area contributed by atoms with Crippen LogP contribution in [0.5, 0.6) is 5.75 Å². The molecule has 90 valence electrons. The minimum absolute atomic E-state index is 0.0961. The number of carbonyl (C=O) groups excluding carboxylic acids is 1. The molecule has 1 aliphatic carbocycles. The van der Waals surface area contributed by atoms with Crippen LogP contribution in [0.2, 0.25) is 0 Å². The summed E-state index contributed by atoms with van der Waals surface area (Å²) >= 11 is 0. The highest BCUT2D eigenvalue weighted by Gasteiger charge is 2.18. The molecule has 0 radical (unpaired) electrons. The van der Waals surface area contributed by atoms with Crippen LogP contribution in [0, 0.1) is 0 Å². The van der Waals surface area contributed by atoms with Crippen molar-refractivity contribution in [3.63, 3.8) is 0 Å². The van der Waals surface area contributed by atoms with E-state index in [-0.39, 0.29) is 12.1 Å². The Morgan fingerprint density at radius 1 is 1.35 bits per heavy atom. The number of methoxy groups -OCH3 is 1. The Labute approximate surface area is 101 Å². The number of hydrogen-bond donors (Lipinski definition) is 0. The Bertz CT molecular complexity index is 423. The molecule has 0 amide bonds. The summed E-state index contributed by atoms with van der Waals surface area (Å²) in [5.41, 5.74) is 0.481. The van der Waals surface area contributed by atoms with Crippen molar-refractivity contribution in [3.8, 4) is 5.75 Å². The lowest BCUT2D eigenvalue weighted by Gasteiger charge is -2.17. The van der Waals surface area contributed by atoms with Gasteiger partial charge in [-0.15, -0.1) is 0 Å². The lowest BCUT2D eigenvalue weighted by Crippen LogP contribution is -2.18. The maximum Gasteiger partial charge on any atom is 0.342 e. The highest BCUT2D eigenvalue weighted by Crippen LogP contribution is 2.21. The second-order valence-corrected chi connectivity index (χ2v) is 4.00. The fourth-order valence-corrected chi connectivity index (χ4v) is 1.89. The summed E-state index contributed by atoms with van der Waals surface area (Å²) in [4.78, 5) is 12.0. The molecule has 0 unspecified atom stereocenters. The molecule has 3 nitrogen and oxygen atoms in total. The van der Waals surface area contributed by atoms with Gasteiger partial charge in [-0.25, -0.2) is 4.79 Å². The van der Waals surface area contributed by atoms with Gasteiger partial charge in [0.05, 0.1) is 7.11 Å². The van der Waals surface area contributed by atoms with Crippen molar-refractivity contribution in [2.24, 2.45) is 0 Å². The third-order valence-electron chi connectivity index (χ3n) is 2.80. The highest BCUT2D eigenvalue weighted by atomic mass is 16.5. The van der Waals surface area contributed by atoms with Gasteiger partial charge in [-0.1, -0.05) is 18.2 Å². The molecule has 0 N–H and O–H groups in total. The van der Waals surface area contributed by atoms with Crippen molar-refractivity contribution in [1.29, 1.82) is 0 Å². The van der Waals surface area contributed by atoms with E-state index in [1.807, 2.05) is 12.1 Å². The number of carbonyl (C=O) groups is 1. The first kappa shape index (κ1) is 11.7. The van der Waals surface area contributed by atoms with Gasteiger partial charge < -0.3 is 9.47 Å². The molecule has 1 aromatic rings. The molecule has 0 saturated heterocycles. The van der Waals surface area contributed by atoms with E-state index in [0.717, 1.165) is 19.3 Å². The summed E-state index contributed by atoms with van der Waals surface area (Å²) in [5, 5.41) is 0. The van der Waals surface area contributed by atoms with E-state index in [1.165, 1.54) is 0 Å². The van der Waals surface area contributed by atoms with Crippen molar-refractivity contribution in [2.75, 3.05) is 7.11 Å². The smallest absolute Gasteiger partial charge is 0.342 e. The molecule has 17 heavy (non-hydrogen) atoms. The summed E-state index contributed by atoms with van der Waals surface area (Å²) in [6, 6.07) is 7.10. The summed E-state index contributed by atoms with van der Waals surface area (Å²) in [6.45, 7) is 0. The molecular weight excluding hydrogens is 216 g/mol. The third kappa shape index (κ3) is 2.87. The van der Waals surface area contributed by atoms with Crippen molar-refractivity contribution >= 4 is 5.97 Å². The second-order valence-electron chi connectivity index (χ2n) is 4.00. The summed E-state index contributed by atoms with van der Waals surface area (Å²) < 4.78 is 10.6. The van der Waals surface area contributed by atoms with Crippen LogP contribution in [-0.2, 0) is 4.74 Å². The highest BCUT2D eigenvalue weighted by molar-refractivity contribution is 5.92. The zero-order valence-corrected chi connectivity index (χ0v) is 9.89. The van der Waals surface area contributed by atoms with Gasteiger partial charge in [-0.05, 0) is 37.5 Å². The fraction of sp³-hybridized carbons (Fsp3) is 0.357. The topological polar surface area (TPSA) is 35.5 Å². The van der Waals surface area contributed by atoms with E-state index in [4.69, 9.17) is 9.47 Å². The molecule has 1 atom stereocenters. The Kier molecular flexibility index (Phi) is 3.81. The Hall–Kier alpha value is -1.77. The van der Waals surface area contributed by atoms with Gasteiger partial charge in [0.15, 0.2) is 0 Å². The van der Waals surface area contributed by atoms with Crippen molar-refractivity contribution in [1.82, 2.24) is 0 Å². The van der Waals surface area contributed by atoms with Crippen LogP contribution in [0.25, 0.3) is 0 Å². The molecule has 1 aromatic carbocycles. The van der Waals surface area contributed by atoms with Crippen LogP contribution < -0.4 is 4.74 Å². The van der Waals surface area contributed by atoms with Crippen molar-refractivity contribution < 1.29 is 14.3 Å². The molecular formula is C14H16O3. The molecule has 1 aliphatic rings. The number of para-hydroxylation sites is 1. The van der Waals surface area contributed by atoms with Gasteiger partial charge in [0, 0.05) is 0 Å². The van der Waals surface area contributed by atoms with Gasteiger partial charge >= 0.3 is 5.97 Å². The number of esters is 1. The Morgan fingerprint density at radius 3 is 2.88 bits per heavy atom. The maximum absolute atomic E-state index is 12.0. The van der Waals surface area contributed by atoms with E-state index in [1.54, 1.807) is 25.3 Å². The van der Waals surface area contributed by atoms with Crippen LogP contribution >= 0.6 is 0 Å². The van der Waals surface area contributed by atoms with Crippen molar-refractivity contribution in [3.05, 3.63) is 42.0 Å². The predicted molar refractivity (Wildman–Crippen MR) is 65.2 cm³/mol. The van der Waals surface area contributed by atoms with Gasteiger partial charge in [0.1, 0.15) is 17.4 Å². The first-order valence-electron chi connectivity index (χ1n) is 5.82. The minimum Gasteiger partial charge on any atom is -0.496 e. The van der Waals surface area contributed by atoms with Gasteiger partial charge in [0.2, 0.25) is 0 Å². The monoisotopic (exact) mass is 232 g/mol. The number of benzene rings is 1. The van der Waals surface area contributed by atoms with Crippen molar-refractivity contribution in [2.45, 2.75) is 25.4 Å². The number of hydrogen-bond acceptors (Lipinski definition) is 3. The Balaban J connectivity index is 2.08. The zero-order valence-electron chi connectivity index (χ0n) is 9.89. The minimum atomic E-state index is -0.320. The first-order valence-corrected chi connectivity index (χ1v) is 5.82. The van der Waals surface area contributed by atoms with Gasteiger partial charge in [0.25, 0.3) is 0 Å². The van der Waals surface area contributed by atoms with E-state index in [0.29, 0.717) is 11.3 Å². The number of allylic oxidation sites excluding steroid dienone is 1. The van der Waals surface area contributed by atoms with Gasteiger partial charge in [-0.3, -0.25) is 0 Å². The zero-order chi connectivity index (χ0) is 12.1. The summed E-state index contributed by atoms with van der Waals surface area (Å²) in [7, 11) is 1.55. The molecule has 0 heterocycles.